The number of nitrogens with zero attached hydrogens (tertiary/aromatic N) is 2. The second-order valence-corrected chi connectivity index (χ2v) is 5.30. The Bertz CT molecular complexity index is 881. The molecule has 5 nitrogen and oxygen atoms in total. The summed E-state index contributed by atoms with van der Waals surface area (Å²) in [5.74, 6) is 0.367. The van der Waals surface area contributed by atoms with E-state index in [1.54, 1.807) is 17.9 Å². The molecule has 0 radical (unpaired) electrons. The number of methoxy groups -OCH3 is 2. The number of carbonyl (C=O) groups excluding carboxylic acids is 1. The highest BCUT2D eigenvalue weighted by atomic mass is 16.5. The van der Waals surface area contributed by atoms with E-state index in [2.05, 4.69) is 9.84 Å². The zero-order chi connectivity index (χ0) is 17.6. The van der Waals surface area contributed by atoms with E-state index in [1.807, 2.05) is 60.8 Å². The Hall–Kier alpha value is -3.34. The van der Waals surface area contributed by atoms with E-state index < -0.39 is 5.97 Å². The van der Waals surface area contributed by atoms with Crippen LogP contribution >= 0.6 is 0 Å². The van der Waals surface area contributed by atoms with Gasteiger partial charge in [-0.1, -0.05) is 18.2 Å². The molecule has 2 aromatic carbocycles. The number of para-hydroxylation sites is 1. The van der Waals surface area contributed by atoms with Gasteiger partial charge in [0.25, 0.3) is 0 Å². The number of aromatic nitrogens is 2. The fraction of sp³-hybridized carbons (Fsp3) is 0.100. The quantitative estimate of drug-likeness (QED) is 0.527. The number of hydrogen-bond donors (Lipinski definition) is 0. The summed E-state index contributed by atoms with van der Waals surface area (Å²) in [6.45, 7) is 0. The Kier molecular flexibility index (Phi) is 4.95. The van der Waals surface area contributed by atoms with Crippen molar-refractivity contribution in [2.24, 2.45) is 0 Å². The van der Waals surface area contributed by atoms with Crippen LogP contribution in [0, 0.1) is 0 Å². The minimum atomic E-state index is -0.409. The lowest BCUT2D eigenvalue weighted by molar-refractivity contribution is -0.134. The van der Waals surface area contributed by atoms with Crippen LogP contribution in [0.2, 0.25) is 0 Å². The first-order valence-corrected chi connectivity index (χ1v) is 7.77. The number of benzene rings is 2. The molecule has 0 N–H and O–H groups in total. The van der Waals surface area contributed by atoms with Gasteiger partial charge in [0, 0.05) is 23.4 Å². The van der Waals surface area contributed by atoms with Crippen LogP contribution in [0.25, 0.3) is 23.0 Å². The van der Waals surface area contributed by atoms with Crippen LogP contribution in [0.1, 0.15) is 5.56 Å². The summed E-state index contributed by atoms with van der Waals surface area (Å²) < 4.78 is 11.7. The predicted molar refractivity (Wildman–Crippen MR) is 96.6 cm³/mol. The minimum Gasteiger partial charge on any atom is -0.497 e. The summed E-state index contributed by atoms with van der Waals surface area (Å²) in [6.07, 6.45) is 4.98. The molecule has 0 unspecified atom stereocenters. The third-order valence-corrected chi connectivity index (χ3v) is 3.73. The van der Waals surface area contributed by atoms with E-state index >= 15 is 0 Å². The van der Waals surface area contributed by atoms with Gasteiger partial charge in [-0.25, -0.2) is 9.48 Å². The average molecular weight is 334 g/mol. The summed E-state index contributed by atoms with van der Waals surface area (Å²) >= 11 is 0. The third kappa shape index (κ3) is 3.77. The second kappa shape index (κ2) is 7.49. The Morgan fingerprint density at radius 3 is 2.40 bits per heavy atom. The van der Waals surface area contributed by atoms with Crippen LogP contribution in [-0.4, -0.2) is 30.0 Å². The molecular formula is C20H18N2O3. The number of esters is 1. The molecule has 0 saturated carbocycles. The zero-order valence-corrected chi connectivity index (χ0v) is 14.0. The van der Waals surface area contributed by atoms with Crippen LogP contribution in [0.5, 0.6) is 5.75 Å². The fourth-order valence-corrected chi connectivity index (χ4v) is 2.42. The van der Waals surface area contributed by atoms with Crippen molar-refractivity contribution in [2.75, 3.05) is 14.2 Å². The summed E-state index contributed by atoms with van der Waals surface area (Å²) in [6, 6.07) is 17.4. The van der Waals surface area contributed by atoms with Crippen molar-refractivity contribution >= 4 is 12.0 Å². The molecule has 0 amide bonds. The van der Waals surface area contributed by atoms with E-state index in [0.717, 1.165) is 28.3 Å². The molecule has 3 rings (SSSR count). The number of hydrogen-bond acceptors (Lipinski definition) is 4. The molecular weight excluding hydrogens is 316 g/mol. The highest BCUT2D eigenvalue weighted by molar-refractivity contribution is 5.88. The lowest BCUT2D eigenvalue weighted by Gasteiger charge is -2.02. The van der Waals surface area contributed by atoms with E-state index in [0.29, 0.717) is 0 Å². The smallest absolute Gasteiger partial charge is 0.330 e. The topological polar surface area (TPSA) is 53.4 Å². The van der Waals surface area contributed by atoms with Gasteiger partial charge in [-0.15, -0.1) is 0 Å². The zero-order valence-electron chi connectivity index (χ0n) is 14.0. The molecule has 0 bridgehead atoms. The molecule has 3 aromatic rings. The SMILES string of the molecule is COC(=O)/C=C\c1cn(-c2ccccc2)nc1-c1ccc(OC)cc1. The van der Waals surface area contributed by atoms with Gasteiger partial charge in [0.2, 0.25) is 0 Å². The number of carbonyl (C=O) groups is 1. The average Bonchev–Trinajstić information content (AvgIpc) is 3.11. The standard InChI is InChI=1S/C20H18N2O3/c1-24-18-11-8-15(9-12-18)20-16(10-13-19(23)25-2)14-22(21-20)17-6-4-3-5-7-17/h3-14H,1-2H3/b13-10-. The monoisotopic (exact) mass is 334 g/mol. The molecule has 25 heavy (non-hydrogen) atoms. The van der Waals surface area contributed by atoms with Gasteiger partial charge in [0.05, 0.1) is 25.6 Å². The van der Waals surface area contributed by atoms with Crippen LogP contribution in [0.15, 0.2) is 66.9 Å². The van der Waals surface area contributed by atoms with Crippen LogP contribution in [0.3, 0.4) is 0 Å². The van der Waals surface area contributed by atoms with Crippen molar-refractivity contribution in [1.82, 2.24) is 9.78 Å². The Labute approximate surface area is 146 Å². The molecule has 0 atom stereocenters. The first-order chi connectivity index (χ1) is 12.2. The van der Waals surface area contributed by atoms with Crippen molar-refractivity contribution in [2.45, 2.75) is 0 Å². The molecule has 1 aromatic heterocycles. The first kappa shape index (κ1) is 16.5. The highest BCUT2D eigenvalue weighted by Crippen LogP contribution is 2.26. The second-order valence-electron chi connectivity index (χ2n) is 5.30. The molecule has 0 aliphatic heterocycles. The van der Waals surface area contributed by atoms with E-state index in [4.69, 9.17) is 4.74 Å². The normalized spacial score (nSPS) is 10.8. The molecule has 0 aliphatic rings. The molecule has 0 fully saturated rings. The van der Waals surface area contributed by atoms with Gasteiger partial charge in [-0.05, 0) is 42.5 Å². The van der Waals surface area contributed by atoms with Crippen molar-refractivity contribution < 1.29 is 14.3 Å². The largest absolute Gasteiger partial charge is 0.497 e. The van der Waals surface area contributed by atoms with Crippen LogP contribution < -0.4 is 4.74 Å². The van der Waals surface area contributed by atoms with Crippen molar-refractivity contribution in [3.05, 3.63) is 72.4 Å². The molecule has 0 spiro atoms. The Balaban J connectivity index is 2.05. The Morgan fingerprint density at radius 1 is 1.04 bits per heavy atom. The number of rotatable bonds is 5. The van der Waals surface area contributed by atoms with Crippen molar-refractivity contribution in [1.29, 1.82) is 0 Å². The van der Waals surface area contributed by atoms with Gasteiger partial charge in [-0.2, -0.15) is 5.10 Å². The summed E-state index contributed by atoms with van der Waals surface area (Å²) in [7, 11) is 2.98. The summed E-state index contributed by atoms with van der Waals surface area (Å²) in [5.41, 5.74) is 3.46. The maximum Gasteiger partial charge on any atom is 0.330 e. The van der Waals surface area contributed by atoms with Crippen molar-refractivity contribution in [3.63, 3.8) is 0 Å². The van der Waals surface area contributed by atoms with Crippen LogP contribution in [-0.2, 0) is 9.53 Å². The molecule has 0 aliphatic carbocycles. The molecule has 0 saturated heterocycles. The Morgan fingerprint density at radius 2 is 1.76 bits per heavy atom. The molecule has 5 heteroatoms. The van der Waals surface area contributed by atoms with Crippen LogP contribution in [0.4, 0.5) is 0 Å². The number of ether oxygens (including phenoxy) is 2. The summed E-state index contributed by atoms with van der Waals surface area (Å²) in [4.78, 5) is 11.4. The molecule has 1 heterocycles. The van der Waals surface area contributed by atoms with E-state index in [1.165, 1.54) is 13.2 Å². The predicted octanol–water partition coefficient (Wildman–Crippen LogP) is 3.73. The van der Waals surface area contributed by atoms with Gasteiger partial charge < -0.3 is 9.47 Å². The van der Waals surface area contributed by atoms with E-state index in [9.17, 15) is 4.79 Å². The molecule has 126 valence electrons. The first-order valence-electron chi connectivity index (χ1n) is 7.77. The highest BCUT2D eigenvalue weighted by Gasteiger charge is 2.11. The minimum absolute atomic E-state index is 0.409. The lowest BCUT2D eigenvalue weighted by Crippen LogP contribution is -1.94. The summed E-state index contributed by atoms with van der Waals surface area (Å²) in [5, 5.41) is 4.68. The van der Waals surface area contributed by atoms with Gasteiger partial charge in [0.15, 0.2) is 0 Å². The maximum atomic E-state index is 11.4. The van der Waals surface area contributed by atoms with Crippen molar-refractivity contribution in [3.8, 4) is 22.7 Å². The van der Waals surface area contributed by atoms with Gasteiger partial charge >= 0.3 is 5.97 Å². The third-order valence-electron chi connectivity index (χ3n) is 3.73. The van der Waals surface area contributed by atoms with Gasteiger partial charge in [0.1, 0.15) is 5.75 Å². The maximum absolute atomic E-state index is 11.4. The fourth-order valence-electron chi connectivity index (χ4n) is 2.42. The lowest BCUT2D eigenvalue weighted by atomic mass is 10.1. The van der Waals surface area contributed by atoms with Gasteiger partial charge in [-0.3, -0.25) is 0 Å². The van der Waals surface area contributed by atoms with E-state index in [-0.39, 0.29) is 0 Å².